The molecule has 2 fully saturated rings. The summed E-state index contributed by atoms with van der Waals surface area (Å²) in [6.07, 6.45) is 5.11. The summed E-state index contributed by atoms with van der Waals surface area (Å²) < 4.78 is 5.74. The number of para-hydroxylation sites is 1. The summed E-state index contributed by atoms with van der Waals surface area (Å²) in [6, 6.07) is 8.36. The number of ether oxygens (including phenoxy) is 1. The Morgan fingerprint density at radius 2 is 2.10 bits per heavy atom. The SMILES string of the molecule is CC(C)c1ccccc1OCC(=O)N[C@@H]1C[C@H]2CC[C@@H]1C2. The minimum absolute atomic E-state index is 0.0195. The molecule has 0 saturated heterocycles. The van der Waals surface area contributed by atoms with Gasteiger partial charge in [0.1, 0.15) is 5.75 Å². The fraction of sp³-hybridized carbons (Fsp3) is 0.611. The number of benzene rings is 1. The second-order valence-electron chi connectivity index (χ2n) is 6.83. The van der Waals surface area contributed by atoms with Crippen molar-refractivity contribution < 1.29 is 9.53 Å². The molecule has 1 aromatic carbocycles. The Morgan fingerprint density at radius 1 is 1.29 bits per heavy atom. The van der Waals surface area contributed by atoms with Crippen LogP contribution in [0.15, 0.2) is 24.3 Å². The lowest BCUT2D eigenvalue weighted by Gasteiger charge is -2.23. The lowest BCUT2D eigenvalue weighted by Crippen LogP contribution is -2.40. The quantitative estimate of drug-likeness (QED) is 0.900. The van der Waals surface area contributed by atoms with E-state index in [2.05, 4.69) is 25.2 Å². The van der Waals surface area contributed by atoms with Gasteiger partial charge in [-0.1, -0.05) is 38.5 Å². The third-order valence-corrected chi connectivity index (χ3v) is 4.98. The molecule has 0 heterocycles. The molecule has 1 N–H and O–H groups in total. The van der Waals surface area contributed by atoms with E-state index in [9.17, 15) is 4.79 Å². The average molecular weight is 287 g/mol. The maximum absolute atomic E-state index is 12.1. The van der Waals surface area contributed by atoms with Crippen molar-refractivity contribution in [2.75, 3.05) is 6.61 Å². The van der Waals surface area contributed by atoms with Crippen molar-refractivity contribution in [2.24, 2.45) is 11.8 Å². The zero-order valence-electron chi connectivity index (χ0n) is 13.0. The topological polar surface area (TPSA) is 38.3 Å². The second-order valence-corrected chi connectivity index (χ2v) is 6.83. The summed E-state index contributed by atoms with van der Waals surface area (Å²) >= 11 is 0. The van der Waals surface area contributed by atoms with Gasteiger partial charge in [0.2, 0.25) is 0 Å². The van der Waals surface area contributed by atoms with Crippen LogP contribution in [0.3, 0.4) is 0 Å². The van der Waals surface area contributed by atoms with Crippen LogP contribution in [0.4, 0.5) is 0 Å². The van der Waals surface area contributed by atoms with Gasteiger partial charge in [0.05, 0.1) is 0 Å². The van der Waals surface area contributed by atoms with Crippen molar-refractivity contribution in [1.29, 1.82) is 0 Å². The van der Waals surface area contributed by atoms with Gasteiger partial charge in [0.25, 0.3) is 5.91 Å². The summed E-state index contributed by atoms with van der Waals surface area (Å²) in [5.74, 6) is 2.81. The van der Waals surface area contributed by atoms with Gasteiger partial charge in [-0.15, -0.1) is 0 Å². The summed E-state index contributed by atoms with van der Waals surface area (Å²) in [7, 11) is 0. The maximum Gasteiger partial charge on any atom is 0.258 e. The second kappa shape index (κ2) is 6.08. The minimum atomic E-state index is 0.0195. The first-order chi connectivity index (χ1) is 10.1. The molecule has 1 amide bonds. The Bertz CT molecular complexity index is 512. The van der Waals surface area contributed by atoms with Gasteiger partial charge in [-0.3, -0.25) is 4.79 Å². The third-order valence-electron chi connectivity index (χ3n) is 4.98. The van der Waals surface area contributed by atoms with Gasteiger partial charge >= 0.3 is 0 Å². The van der Waals surface area contributed by atoms with E-state index in [1.165, 1.54) is 25.7 Å². The van der Waals surface area contributed by atoms with Crippen LogP contribution in [0.5, 0.6) is 5.75 Å². The maximum atomic E-state index is 12.1. The van der Waals surface area contributed by atoms with E-state index in [0.29, 0.717) is 17.9 Å². The molecule has 21 heavy (non-hydrogen) atoms. The molecule has 3 rings (SSSR count). The van der Waals surface area contributed by atoms with E-state index < -0.39 is 0 Å². The molecule has 2 bridgehead atoms. The van der Waals surface area contributed by atoms with Crippen molar-refractivity contribution in [3.8, 4) is 5.75 Å². The molecular weight excluding hydrogens is 262 g/mol. The molecule has 3 nitrogen and oxygen atoms in total. The van der Waals surface area contributed by atoms with Crippen LogP contribution in [-0.4, -0.2) is 18.6 Å². The largest absolute Gasteiger partial charge is 0.483 e. The van der Waals surface area contributed by atoms with Crippen LogP contribution < -0.4 is 10.1 Å². The van der Waals surface area contributed by atoms with Gasteiger partial charge in [0.15, 0.2) is 6.61 Å². The summed E-state index contributed by atoms with van der Waals surface area (Å²) in [6.45, 7) is 4.40. The fourth-order valence-corrected chi connectivity index (χ4v) is 3.90. The minimum Gasteiger partial charge on any atom is -0.483 e. The van der Waals surface area contributed by atoms with Gasteiger partial charge in [-0.2, -0.15) is 0 Å². The molecule has 0 aromatic heterocycles. The molecule has 114 valence electrons. The number of hydrogen-bond donors (Lipinski definition) is 1. The average Bonchev–Trinajstić information content (AvgIpc) is 3.08. The first-order valence-corrected chi connectivity index (χ1v) is 8.14. The van der Waals surface area contributed by atoms with Crippen molar-refractivity contribution in [1.82, 2.24) is 5.32 Å². The van der Waals surface area contributed by atoms with E-state index >= 15 is 0 Å². The van der Waals surface area contributed by atoms with Crippen LogP contribution in [0, 0.1) is 11.8 Å². The predicted octanol–water partition coefficient (Wildman–Crippen LogP) is 3.49. The van der Waals surface area contributed by atoms with E-state index in [4.69, 9.17) is 4.74 Å². The van der Waals surface area contributed by atoms with Gasteiger partial charge in [-0.25, -0.2) is 0 Å². The fourth-order valence-electron chi connectivity index (χ4n) is 3.90. The monoisotopic (exact) mass is 287 g/mol. The molecule has 2 aliphatic carbocycles. The Labute approximate surface area is 127 Å². The zero-order valence-corrected chi connectivity index (χ0v) is 13.0. The highest BCUT2D eigenvalue weighted by Gasteiger charge is 2.40. The highest BCUT2D eigenvalue weighted by Crippen LogP contribution is 2.44. The highest BCUT2D eigenvalue weighted by atomic mass is 16.5. The highest BCUT2D eigenvalue weighted by molar-refractivity contribution is 5.78. The first kappa shape index (κ1) is 14.4. The Hall–Kier alpha value is -1.51. The van der Waals surface area contributed by atoms with Gasteiger partial charge < -0.3 is 10.1 Å². The van der Waals surface area contributed by atoms with Crippen molar-refractivity contribution in [2.45, 2.75) is 51.5 Å². The number of nitrogens with one attached hydrogen (secondary N) is 1. The van der Waals surface area contributed by atoms with E-state index in [0.717, 1.165) is 17.2 Å². The normalized spacial score (nSPS) is 27.1. The van der Waals surface area contributed by atoms with E-state index in [1.54, 1.807) is 0 Å². The summed E-state index contributed by atoms with van der Waals surface area (Å²) in [5, 5.41) is 3.17. The molecule has 0 aliphatic heterocycles. The molecule has 3 atom stereocenters. The van der Waals surface area contributed by atoms with E-state index in [-0.39, 0.29) is 12.5 Å². The number of hydrogen-bond acceptors (Lipinski definition) is 2. The molecule has 0 unspecified atom stereocenters. The molecular formula is C18H25NO2. The Morgan fingerprint density at radius 3 is 2.76 bits per heavy atom. The van der Waals surface area contributed by atoms with Crippen LogP contribution in [0.25, 0.3) is 0 Å². The zero-order chi connectivity index (χ0) is 14.8. The number of carbonyl (C=O) groups excluding carboxylic acids is 1. The molecule has 3 heteroatoms. The third kappa shape index (κ3) is 3.22. The predicted molar refractivity (Wildman–Crippen MR) is 83.4 cm³/mol. The van der Waals surface area contributed by atoms with Gasteiger partial charge in [0, 0.05) is 6.04 Å². The Balaban J connectivity index is 1.52. The number of carbonyl (C=O) groups is 1. The smallest absolute Gasteiger partial charge is 0.258 e. The first-order valence-electron chi connectivity index (χ1n) is 8.14. The molecule has 2 aliphatic rings. The van der Waals surface area contributed by atoms with Crippen LogP contribution in [0.1, 0.15) is 51.0 Å². The standard InChI is InChI=1S/C18H25NO2/c1-12(2)15-5-3-4-6-17(15)21-11-18(20)19-16-10-13-7-8-14(16)9-13/h3-6,12-14,16H,7-11H2,1-2H3,(H,19,20)/t13-,14+,16+/m0/s1. The van der Waals surface area contributed by atoms with Crippen molar-refractivity contribution >= 4 is 5.91 Å². The Kier molecular flexibility index (Phi) is 4.18. The number of fused-ring (bicyclic) bond motifs is 2. The van der Waals surface area contributed by atoms with Crippen molar-refractivity contribution in [3.63, 3.8) is 0 Å². The molecule has 0 radical (unpaired) electrons. The van der Waals surface area contributed by atoms with Crippen LogP contribution in [-0.2, 0) is 4.79 Å². The van der Waals surface area contributed by atoms with Gasteiger partial charge in [-0.05, 0) is 48.6 Å². The number of rotatable bonds is 5. The van der Waals surface area contributed by atoms with E-state index in [1.807, 2.05) is 18.2 Å². The summed E-state index contributed by atoms with van der Waals surface area (Å²) in [4.78, 5) is 12.1. The summed E-state index contributed by atoms with van der Waals surface area (Å²) in [5.41, 5.74) is 1.16. The molecule has 2 saturated carbocycles. The van der Waals surface area contributed by atoms with Crippen LogP contribution in [0.2, 0.25) is 0 Å². The van der Waals surface area contributed by atoms with Crippen LogP contribution >= 0.6 is 0 Å². The molecule has 1 aromatic rings. The number of amides is 1. The molecule has 0 spiro atoms. The lowest BCUT2D eigenvalue weighted by molar-refractivity contribution is -0.124. The van der Waals surface area contributed by atoms with Crippen molar-refractivity contribution in [3.05, 3.63) is 29.8 Å². The lowest BCUT2D eigenvalue weighted by atomic mass is 9.95.